The van der Waals surface area contributed by atoms with Crippen LogP contribution in [-0.2, 0) is 17.6 Å². The second-order valence-corrected chi connectivity index (χ2v) is 7.08. The number of nitrogens with zero attached hydrogens (tertiary/aromatic N) is 3. The summed E-state index contributed by atoms with van der Waals surface area (Å²) in [5, 5.41) is 22.8. The van der Waals surface area contributed by atoms with Gasteiger partial charge in [-0.05, 0) is 6.42 Å². The van der Waals surface area contributed by atoms with Crippen LogP contribution in [0.15, 0.2) is 23.6 Å². The summed E-state index contributed by atoms with van der Waals surface area (Å²) in [6.07, 6.45) is 4.98. The Morgan fingerprint density at radius 3 is 3.00 bits per heavy atom. The van der Waals surface area contributed by atoms with Gasteiger partial charge < -0.3 is 34.8 Å². The van der Waals surface area contributed by atoms with Crippen molar-refractivity contribution < 1.29 is 14.9 Å². The van der Waals surface area contributed by atoms with E-state index in [1.165, 1.54) is 0 Å². The number of pyridine rings is 1. The molecule has 0 amide bonds. The fourth-order valence-electron chi connectivity index (χ4n) is 4.06. The van der Waals surface area contributed by atoms with Crippen molar-refractivity contribution in [1.82, 2.24) is 24.5 Å². The number of rotatable bonds is 4. The first-order valence-electron chi connectivity index (χ1n) is 8.94. The van der Waals surface area contributed by atoms with Crippen LogP contribution in [0.5, 0.6) is 0 Å². The first-order chi connectivity index (χ1) is 13.1. The van der Waals surface area contributed by atoms with E-state index in [0.29, 0.717) is 29.7 Å². The molecule has 4 atom stereocenters. The minimum Gasteiger partial charge on any atom is -0.394 e. The molecule has 0 bridgehead atoms. The Labute approximate surface area is 153 Å². The fraction of sp³-hybridized carbons (Fsp3) is 0.471. The minimum absolute atomic E-state index is 0.105. The van der Waals surface area contributed by atoms with Crippen molar-refractivity contribution in [3.8, 4) is 0 Å². The predicted octanol–water partition coefficient (Wildman–Crippen LogP) is -0.332. The maximum atomic E-state index is 12.5. The average molecular weight is 372 g/mol. The normalized spacial score (nSPS) is 27.2. The smallest absolute Gasteiger partial charge is 0.277 e. The molecule has 5 N–H and O–H groups in total. The third kappa shape index (κ3) is 2.64. The highest BCUT2D eigenvalue weighted by Crippen LogP contribution is 2.35. The van der Waals surface area contributed by atoms with Crippen LogP contribution in [-0.4, -0.2) is 59.6 Å². The van der Waals surface area contributed by atoms with Gasteiger partial charge in [-0.2, -0.15) is 0 Å². The summed E-state index contributed by atoms with van der Waals surface area (Å²) in [5.41, 5.74) is 2.70. The quantitative estimate of drug-likeness (QED) is 0.422. The number of anilines is 1. The van der Waals surface area contributed by atoms with Gasteiger partial charge in [0.05, 0.1) is 36.6 Å². The van der Waals surface area contributed by atoms with E-state index in [1.807, 2.05) is 6.20 Å². The molecule has 5 heterocycles. The summed E-state index contributed by atoms with van der Waals surface area (Å²) in [6.45, 7) is -0.254. The predicted molar refractivity (Wildman–Crippen MR) is 95.4 cm³/mol. The lowest BCUT2D eigenvalue weighted by molar-refractivity contribution is -0.0430. The molecular weight excluding hydrogens is 352 g/mol. The van der Waals surface area contributed by atoms with Crippen molar-refractivity contribution in [3.63, 3.8) is 0 Å². The molecule has 0 aliphatic carbocycles. The number of hydrogen-bond acceptors (Lipinski definition) is 7. The molecule has 27 heavy (non-hydrogen) atoms. The third-order valence-corrected chi connectivity index (χ3v) is 5.34. The number of H-pyrrole nitrogens is 2. The van der Waals surface area contributed by atoms with Crippen LogP contribution in [0.25, 0.3) is 11.0 Å². The number of nitrogens with one attached hydrogen (secondary N) is 3. The van der Waals surface area contributed by atoms with Crippen molar-refractivity contribution >= 4 is 16.9 Å². The summed E-state index contributed by atoms with van der Waals surface area (Å²) in [7, 11) is 0. The summed E-state index contributed by atoms with van der Waals surface area (Å²) in [5.74, 6) is 0.687. The Morgan fingerprint density at radius 2 is 2.26 bits per heavy atom. The van der Waals surface area contributed by atoms with Gasteiger partial charge in [0.2, 0.25) is 0 Å². The van der Waals surface area contributed by atoms with Gasteiger partial charge in [-0.1, -0.05) is 0 Å². The maximum Gasteiger partial charge on any atom is 0.277 e. The van der Waals surface area contributed by atoms with Crippen LogP contribution in [0, 0.1) is 0 Å². The standard InChI is InChI=1S/C17H20N6O4/c24-5-12-11(25)3-13(27-12)23-7-20-14-15(23)10-2-8(1-9-4-18-6-19-9)21-16(10)22-17(14)26/h4,6-8,11-13,24-25H,1-3,5H2,(H,18,19)(H2,21,22,26)/t8?,11-,12+,13-/m0/s1. The van der Waals surface area contributed by atoms with E-state index in [0.717, 1.165) is 17.7 Å². The van der Waals surface area contributed by atoms with Crippen molar-refractivity contribution in [2.75, 3.05) is 11.9 Å². The molecule has 10 heteroatoms. The molecule has 2 aliphatic heterocycles. The molecule has 142 valence electrons. The lowest BCUT2D eigenvalue weighted by Crippen LogP contribution is -2.24. The minimum atomic E-state index is -0.752. The van der Waals surface area contributed by atoms with E-state index in [9.17, 15) is 15.0 Å². The van der Waals surface area contributed by atoms with Crippen molar-refractivity contribution in [2.45, 2.75) is 43.7 Å². The van der Waals surface area contributed by atoms with Gasteiger partial charge in [0.25, 0.3) is 5.56 Å². The second-order valence-electron chi connectivity index (χ2n) is 7.08. The first kappa shape index (κ1) is 16.5. The number of aliphatic hydroxyl groups excluding tert-OH is 2. The van der Waals surface area contributed by atoms with E-state index in [4.69, 9.17) is 4.74 Å². The molecule has 10 nitrogen and oxygen atoms in total. The lowest BCUT2D eigenvalue weighted by Gasteiger charge is -2.15. The van der Waals surface area contributed by atoms with Gasteiger partial charge in [0.1, 0.15) is 18.1 Å². The average Bonchev–Trinajstić information content (AvgIpc) is 3.40. The number of ether oxygens (including phenoxy) is 1. The summed E-state index contributed by atoms with van der Waals surface area (Å²) in [4.78, 5) is 26.8. The highest BCUT2D eigenvalue weighted by molar-refractivity contribution is 5.84. The van der Waals surface area contributed by atoms with E-state index < -0.39 is 18.4 Å². The zero-order valence-corrected chi connectivity index (χ0v) is 14.4. The zero-order chi connectivity index (χ0) is 18.5. The Balaban J connectivity index is 1.52. The molecule has 0 saturated carbocycles. The van der Waals surface area contributed by atoms with Gasteiger partial charge in [0.15, 0.2) is 5.52 Å². The number of imidazole rings is 2. The number of fused-ring (bicyclic) bond motifs is 3. The number of aromatic nitrogens is 5. The first-order valence-corrected chi connectivity index (χ1v) is 8.94. The number of hydrogen-bond donors (Lipinski definition) is 5. The third-order valence-electron chi connectivity index (χ3n) is 5.34. The molecule has 2 aliphatic rings. The molecule has 0 radical (unpaired) electrons. The largest absolute Gasteiger partial charge is 0.394 e. The van der Waals surface area contributed by atoms with Crippen LogP contribution in [0.3, 0.4) is 0 Å². The molecule has 0 spiro atoms. The van der Waals surface area contributed by atoms with Crippen molar-refractivity contribution in [3.05, 3.63) is 40.5 Å². The Kier molecular flexibility index (Phi) is 3.78. The van der Waals surface area contributed by atoms with E-state index in [1.54, 1.807) is 17.2 Å². The summed E-state index contributed by atoms with van der Waals surface area (Å²) in [6, 6.07) is 0.105. The number of aliphatic hydroxyl groups is 2. The maximum absolute atomic E-state index is 12.5. The second kappa shape index (κ2) is 6.19. The zero-order valence-electron chi connectivity index (χ0n) is 14.4. The molecule has 1 fully saturated rings. The fourth-order valence-corrected chi connectivity index (χ4v) is 4.06. The van der Waals surface area contributed by atoms with Gasteiger partial charge in [-0.3, -0.25) is 4.79 Å². The van der Waals surface area contributed by atoms with Crippen LogP contribution in [0.1, 0.15) is 23.9 Å². The van der Waals surface area contributed by atoms with E-state index in [-0.39, 0.29) is 18.2 Å². The van der Waals surface area contributed by atoms with Gasteiger partial charge in [-0.25, -0.2) is 9.97 Å². The van der Waals surface area contributed by atoms with Crippen LogP contribution in [0.4, 0.5) is 5.82 Å². The van der Waals surface area contributed by atoms with E-state index >= 15 is 0 Å². The van der Waals surface area contributed by atoms with Crippen molar-refractivity contribution in [2.24, 2.45) is 0 Å². The molecular formula is C17H20N6O4. The highest BCUT2D eigenvalue weighted by atomic mass is 16.5. The summed E-state index contributed by atoms with van der Waals surface area (Å²) >= 11 is 0. The SMILES string of the molecule is O=c1[nH]c2c(c3c1ncn3[C@@H]1C[C@H](O)[C@@H](CO)O1)CC(Cc1c[nH]cn1)N2. The Morgan fingerprint density at radius 1 is 1.37 bits per heavy atom. The highest BCUT2D eigenvalue weighted by Gasteiger charge is 2.36. The molecule has 1 saturated heterocycles. The molecule has 5 rings (SSSR count). The van der Waals surface area contributed by atoms with Crippen LogP contribution in [0.2, 0.25) is 0 Å². The molecule has 3 aromatic rings. The molecule has 1 unspecified atom stereocenters. The van der Waals surface area contributed by atoms with Crippen LogP contribution < -0.4 is 10.9 Å². The van der Waals surface area contributed by atoms with Gasteiger partial charge in [-0.15, -0.1) is 0 Å². The topological polar surface area (TPSA) is 141 Å². The lowest BCUT2D eigenvalue weighted by atomic mass is 10.1. The molecule has 3 aromatic heterocycles. The van der Waals surface area contributed by atoms with Gasteiger partial charge >= 0.3 is 0 Å². The van der Waals surface area contributed by atoms with Crippen molar-refractivity contribution in [1.29, 1.82) is 0 Å². The summed E-state index contributed by atoms with van der Waals surface area (Å²) < 4.78 is 7.56. The monoisotopic (exact) mass is 372 g/mol. The Hall–Kier alpha value is -2.69. The van der Waals surface area contributed by atoms with Gasteiger partial charge in [0, 0.05) is 30.6 Å². The number of aromatic amines is 2. The Bertz CT molecular complexity index is 1030. The van der Waals surface area contributed by atoms with E-state index in [2.05, 4.69) is 25.3 Å². The molecule has 0 aromatic carbocycles. The van der Waals surface area contributed by atoms with Crippen LogP contribution >= 0.6 is 0 Å².